The van der Waals surface area contributed by atoms with Crippen molar-refractivity contribution in [3.8, 4) is 0 Å². The zero-order valence-corrected chi connectivity index (χ0v) is 11.1. The topological polar surface area (TPSA) is 46.3 Å². The van der Waals surface area contributed by atoms with Crippen LogP contribution >= 0.6 is 0 Å². The first-order chi connectivity index (χ1) is 8.74. The zero-order valence-electron chi connectivity index (χ0n) is 11.1. The molecular weight excluding hydrogens is 224 g/mol. The lowest BCUT2D eigenvalue weighted by atomic mass is 10.1. The number of nitrogens with two attached hydrogens (primary N) is 1. The van der Waals surface area contributed by atoms with E-state index in [2.05, 4.69) is 0 Å². The molecule has 18 heavy (non-hydrogen) atoms. The highest BCUT2D eigenvalue weighted by molar-refractivity contribution is 5.95. The molecule has 3 nitrogen and oxygen atoms in total. The number of nitrogens with zero attached hydrogens (tertiary/aromatic N) is 1. The van der Waals surface area contributed by atoms with E-state index in [-0.39, 0.29) is 11.9 Å². The smallest absolute Gasteiger partial charge is 0.254 e. The molecule has 1 aromatic carbocycles. The fourth-order valence-electron chi connectivity index (χ4n) is 2.66. The summed E-state index contributed by atoms with van der Waals surface area (Å²) in [6.07, 6.45) is 4.51. The van der Waals surface area contributed by atoms with Gasteiger partial charge in [0.05, 0.1) is 0 Å². The molecule has 0 bridgehead atoms. The average Bonchev–Trinajstić information content (AvgIpc) is 2.63. The standard InChI is InChI=1S/C15H22N2O/c1-12-7-4-5-9-14(12)15(18)17-10-6-2-3-8-13(17)11-16/h4-5,7,9,13H,2-3,6,8,10-11,16H2,1H3. The second-order valence-electron chi connectivity index (χ2n) is 5.05. The summed E-state index contributed by atoms with van der Waals surface area (Å²) in [5.41, 5.74) is 7.68. The molecule has 0 spiro atoms. The Bertz CT molecular complexity index is 417. The highest BCUT2D eigenvalue weighted by atomic mass is 16.2. The van der Waals surface area contributed by atoms with Gasteiger partial charge in [0, 0.05) is 24.7 Å². The van der Waals surface area contributed by atoms with Gasteiger partial charge >= 0.3 is 0 Å². The van der Waals surface area contributed by atoms with Crippen LogP contribution in [0.3, 0.4) is 0 Å². The number of rotatable bonds is 2. The molecule has 0 radical (unpaired) electrons. The van der Waals surface area contributed by atoms with Gasteiger partial charge in [-0.2, -0.15) is 0 Å². The Morgan fingerprint density at radius 2 is 2.11 bits per heavy atom. The predicted octanol–water partition coefficient (Wildman–Crippen LogP) is 2.34. The minimum atomic E-state index is 0.144. The number of likely N-dealkylation sites (tertiary alicyclic amines) is 1. The van der Waals surface area contributed by atoms with Crippen LogP contribution in [-0.4, -0.2) is 29.9 Å². The van der Waals surface area contributed by atoms with E-state index in [1.54, 1.807) is 0 Å². The van der Waals surface area contributed by atoms with Gasteiger partial charge in [0.15, 0.2) is 0 Å². The largest absolute Gasteiger partial charge is 0.334 e. The van der Waals surface area contributed by atoms with Gasteiger partial charge in [-0.1, -0.05) is 31.0 Å². The van der Waals surface area contributed by atoms with Crippen LogP contribution < -0.4 is 5.73 Å². The van der Waals surface area contributed by atoms with Crippen molar-refractivity contribution in [1.29, 1.82) is 0 Å². The van der Waals surface area contributed by atoms with Gasteiger partial charge in [0.25, 0.3) is 5.91 Å². The molecule has 2 rings (SSSR count). The number of aryl methyl sites for hydroxylation is 1. The van der Waals surface area contributed by atoms with E-state index in [4.69, 9.17) is 5.73 Å². The maximum absolute atomic E-state index is 12.6. The lowest BCUT2D eigenvalue weighted by Crippen LogP contribution is -2.44. The molecule has 1 atom stereocenters. The van der Waals surface area contributed by atoms with Crippen molar-refractivity contribution in [1.82, 2.24) is 4.90 Å². The van der Waals surface area contributed by atoms with Gasteiger partial charge in [-0.15, -0.1) is 0 Å². The van der Waals surface area contributed by atoms with Crippen LogP contribution in [-0.2, 0) is 0 Å². The Kier molecular flexibility index (Phi) is 4.37. The summed E-state index contributed by atoms with van der Waals surface area (Å²) in [6, 6.07) is 8.00. The molecule has 1 aliphatic rings. The van der Waals surface area contributed by atoms with Crippen LogP contribution in [0.4, 0.5) is 0 Å². The zero-order chi connectivity index (χ0) is 13.0. The second kappa shape index (κ2) is 6.01. The third-order valence-electron chi connectivity index (χ3n) is 3.79. The summed E-state index contributed by atoms with van der Waals surface area (Å²) in [6.45, 7) is 3.40. The summed E-state index contributed by atoms with van der Waals surface area (Å²) in [7, 11) is 0. The fraction of sp³-hybridized carbons (Fsp3) is 0.533. The third kappa shape index (κ3) is 2.72. The summed E-state index contributed by atoms with van der Waals surface area (Å²) < 4.78 is 0. The Morgan fingerprint density at radius 1 is 1.33 bits per heavy atom. The molecule has 0 saturated carbocycles. The maximum Gasteiger partial charge on any atom is 0.254 e. The van der Waals surface area contributed by atoms with Gasteiger partial charge in [-0.25, -0.2) is 0 Å². The first kappa shape index (κ1) is 13.1. The van der Waals surface area contributed by atoms with Crippen LogP contribution in [0.25, 0.3) is 0 Å². The minimum Gasteiger partial charge on any atom is -0.334 e. The molecule has 1 amide bonds. The first-order valence-corrected chi connectivity index (χ1v) is 6.80. The highest BCUT2D eigenvalue weighted by Crippen LogP contribution is 2.20. The Balaban J connectivity index is 2.23. The molecule has 1 aliphatic heterocycles. The number of hydrogen-bond donors (Lipinski definition) is 1. The summed E-state index contributed by atoms with van der Waals surface area (Å²) in [5.74, 6) is 0.144. The Morgan fingerprint density at radius 3 is 2.83 bits per heavy atom. The lowest BCUT2D eigenvalue weighted by molar-refractivity contribution is 0.0688. The van der Waals surface area contributed by atoms with Crippen molar-refractivity contribution in [3.05, 3.63) is 35.4 Å². The van der Waals surface area contributed by atoms with Crippen LogP contribution in [0.15, 0.2) is 24.3 Å². The number of carbonyl (C=O) groups excluding carboxylic acids is 1. The first-order valence-electron chi connectivity index (χ1n) is 6.80. The molecular formula is C15H22N2O. The van der Waals surface area contributed by atoms with E-state index in [9.17, 15) is 4.79 Å². The molecule has 3 heteroatoms. The van der Waals surface area contributed by atoms with Crippen LogP contribution in [0.2, 0.25) is 0 Å². The molecule has 1 aromatic rings. The van der Waals surface area contributed by atoms with Crippen molar-refractivity contribution >= 4 is 5.91 Å². The Labute approximate surface area is 109 Å². The third-order valence-corrected chi connectivity index (χ3v) is 3.79. The summed E-state index contributed by atoms with van der Waals surface area (Å²) >= 11 is 0. The van der Waals surface area contributed by atoms with E-state index in [0.29, 0.717) is 6.54 Å². The maximum atomic E-state index is 12.6. The molecule has 0 aliphatic carbocycles. The predicted molar refractivity (Wildman–Crippen MR) is 73.5 cm³/mol. The molecule has 2 N–H and O–H groups in total. The van der Waals surface area contributed by atoms with Crippen LogP contribution in [0.5, 0.6) is 0 Å². The van der Waals surface area contributed by atoms with E-state index < -0.39 is 0 Å². The van der Waals surface area contributed by atoms with Gasteiger partial charge in [-0.3, -0.25) is 4.79 Å². The lowest BCUT2D eigenvalue weighted by Gasteiger charge is -2.29. The van der Waals surface area contributed by atoms with Crippen molar-refractivity contribution < 1.29 is 4.79 Å². The number of hydrogen-bond acceptors (Lipinski definition) is 2. The number of amides is 1. The van der Waals surface area contributed by atoms with Gasteiger partial charge in [-0.05, 0) is 31.4 Å². The quantitative estimate of drug-likeness (QED) is 0.870. The monoisotopic (exact) mass is 246 g/mol. The van der Waals surface area contributed by atoms with Crippen molar-refractivity contribution in [2.24, 2.45) is 5.73 Å². The highest BCUT2D eigenvalue weighted by Gasteiger charge is 2.25. The van der Waals surface area contributed by atoms with Crippen molar-refractivity contribution in [2.75, 3.05) is 13.1 Å². The normalized spacial score (nSPS) is 20.6. The summed E-state index contributed by atoms with van der Waals surface area (Å²) in [4.78, 5) is 14.6. The van der Waals surface area contributed by atoms with Crippen LogP contribution in [0.1, 0.15) is 41.6 Å². The average molecular weight is 246 g/mol. The molecule has 98 valence electrons. The number of carbonyl (C=O) groups is 1. The van der Waals surface area contributed by atoms with Crippen molar-refractivity contribution in [2.45, 2.75) is 38.6 Å². The van der Waals surface area contributed by atoms with E-state index in [1.165, 1.54) is 12.8 Å². The SMILES string of the molecule is Cc1ccccc1C(=O)N1CCCCCC1CN. The molecule has 1 saturated heterocycles. The van der Waals surface area contributed by atoms with E-state index >= 15 is 0 Å². The number of benzene rings is 1. The Hall–Kier alpha value is -1.35. The minimum absolute atomic E-state index is 0.144. The van der Waals surface area contributed by atoms with Gasteiger partial charge in [0.2, 0.25) is 0 Å². The molecule has 1 unspecified atom stereocenters. The van der Waals surface area contributed by atoms with Gasteiger partial charge in [0.1, 0.15) is 0 Å². The van der Waals surface area contributed by atoms with E-state index in [1.807, 2.05) is 36.1 Å². The fourth-order valence-corrected chi connectivity index (χ4v) is 2.66. The molecule has 1 fully saturated rings. The molecule has 0 aromatic heterocycles. The van der Waals surface area contributed by atoms with Crippen LogP contribution in [0, 0.1) is 6.92 Å². The van der Waals surface area contributed by atoms with E-state index in [0.717, 1.165) is 30.5 Å². The second-order valence-corrected chi connectivity index (χ2v) is 5.05. The van der Waals surface area contributed by atoms with Crippen molar-refractivity contribution in [3.63, 3.8) is 0 Å². The summed E-state index contributed by atoms with van der Waals surface area (Å²) in [5, 5.41) is 0. The molecule has 1 heterocycles. The van der Waals surface area contributed by atoms with Gasteiger partial charge < -0.3 is 10.6 Å².